The summed E-state index contributed by atoms with van der Waals surface area (Å²) in [6.07, 6.45) is 0.507. The SMILES string of the molecule is CCOC(=O)C1=C(C)N=C2C[C@@H](C)[C@@H](C(=O)OC)C(=O)[C@H]2[C@H]1c1ccccc1. The van der Waals surface area contributed by atoms with E-state index in [1.807, 2.05) is 37.3 Å². The van der Waals surface area contributed by atoms with Crippen LogP contribution in [0.3, 0.4) is 0 Å². The van der Waals surface area contributed by atoms with Crippen molar-refractivity contribution >= 4 is 23.4 Å². The first kappa shape index (κ1) is 20.0. The van der Waals surface area contributed by atoms with E-state index in [1.165, 1.54) is 7.11 Å². The van der Waals surface area contributed by atoms with Crippen LogP contribution >= 0.6 is 0 Å². The van der Waals surface area contributed by atoms with Gasteiger partial charge >= 0.3 is 11.9 Å². The molecule has 1 aliphatic heterocycles. The molecule has 2 aliphatic rings. The van der Waals surface area contributed by atoms with Crippen LogP contribution in [0.5, 0.6) is 0 Å². The van der Waals surface area contributed by atoms with Crippen LogP contribution in [0.15, 0.2) is 46.6 Å². The lowest BCUT2D eigenvalue weighted by Gasteiger charge is -2.40. The Morgan fingerprint density at radius 1 is 1.18 bits per heavy atom. The summed E-state index contributed by atoms with van der Waals surface area (Å²) >= 11 is 0. The number of Topliss-reactive ketones (excluding diaryl/α,β-unsaturated/α-hetero) is 1. The Hall–Kier alpha value is -2.76. The van der Waals surface area contributed by atoms with Crippen molar-refractivity contribution in [3.05, 3.63) is 47.2 Å². The van der Waals surface area contributed by atoms with Gasteiger partial charge in [0, 0.05) is 17.3 Å². The van der Waals surface area contributed by atoms with Gasteiger partial charge < -0.3 is 9.47 Å². The number of hydrogen-bond donors (Lipinski definition) is 0. The monoisotopic (exact) mass is 383 g/mol. The number of fused-ring (bicyclic) bond motifs is 1. The number of aliphatic imine (C=N–C) groups is 1. The van der Waals surface area contributed by atoms with Crippen LogP contribution in [0.2, 0.25) is 0 Å². The van der Waals surface area contributed by atoms with Gasteiger partial charge in [-0.05, 0) is 31.7 Å². The van der Waals surface area contributed by atoms with E-state index >= 15 is 0 Å². The van der Waals surface area contributed by atoms with Crippen LogP contribution in [0.4, 0.5) is 0 Å². The first-order valence-corrected chi connectivity index (χ1v) is 9.52. The Labute approximate surface area is 164 Å². The number of carbonyl (C=O) groups is 3. The minimum absolute atomic E-state index is 0.205. The molecule has 0 N–H and O–H groups in total. The highest BCUT2D eigenvalue weighted by atomic mass is 16.5. The molecule has 1 heterocycles. The molecule has 1 fully saturated rings. The number of rotatable bonds is 4. The van der Waals surface area contributed by atoms with Gasteiger partial charge in [-0.25, -0.2) is 4.79 Å². The molecule has 1 aromatic carbocycles. The normalized spacial score (nSPS) is 27.0. The van der Waals surface area contributed by atoms with Crippen LogP contribution in [0.25, 0.3) is 0 Å². The summed E-state index contributed by atoms with van der Waals surface area (Å²) < 4.78 is 10.1. The molecule has 6 nitrogen and oxygen atoms in total. The summed E-state index contributed by atoms with van der Waals surface area (Å²) in [7, 11) is 1.29. The highest BCUT2D eigenvalue weighted by Crippen LogP contribution is 2.45. The molecule has 1 saturated carbocycles. The van der Waals surface area contributed by atoms with E-state index < -0.39 is 29.7 Å². The van der Waals surface area contributed by atoms with Gasteiger partial charge in [0.2, 0.25) is 0 Å². The fraction of sp³-hybridized carbons (Fsp3) is 0.455. The average Bonchev–Trinajstić information content (AvgIpc) is 2.67. The van der Waals surface area contributed by atoms with E-state index in [2.05, 4.69) is 4.99 Å². The van der Waals surface area contributed by atoms with Gasteiger partial charge in [-0.3, -0.25) is 14.6 Å². The lowest BCUT2D eigenvalue weighted by molar-refractivity contribution is -0.152. The molecule has 148 valence electrons. The van der Waals surface area contributed by atoms with Crippen molar-refractivity contribution in [2.75, 3.05) is 13.7 Å². The Morgan fingerprint density at radius 2 is 1.86 bits per heavy atom. The summed E-state index contributed by atoms with van der Waals surface area (Å²) in [6.45, 7) is 5.60. The van der Waals surface area contributed by atoms with Crippen molar-refractivity contribution in [2.45, 2.75) is 33.1 Å². The molecule has 0 saturated heterocycles. The van der Waals surface area contributed by atoms with Crippen LogP contribution in [-0.2, 0) is 23.9 Å². The zero-order valence-corrected chi connectivity index (χ0v) is 16.6. The smallest absolute Gasteiger partial charge is 0.336 e. The number of hydrogen-bond acceptors (Lipinski definition) is 6. The third-order valence-electron chi connectivity index (χ3n) is 5.53. The molecule has 3 rings (SSSR count). The van der Waals surface area contributed by atoms with E-state index in [9.17, 15) is 14.4 Å². The second kappa shape index (κ2) is 8.09. The van der Waals surface area contributed by atoms with E-state index in [-0.39, 0.29) is 18.3 Å². The largest absolute Gasteiger partial charge is 0.468 e. The molecule has 6 heteroatoms. The molecular formula is C22H25NO5. The second-order valence-electron chi connectivity index (χ2n) is 7.27. The zero-order chi connectivity index (χ0) is 20.4. The minimum Gasteiger partial charge on any atom is -0.468 e. The Balaban J connectivity index is 2.16. The maximum absolute atomic E-state index is 13.4. The summed E-state index contributed by atoms with van der Waals surface area (Å²) in [5.74, 6) is -3.52. The molecule has 1 aliphatic carbocycles. The molecule has 0 bridgehead atoms. The Morgan fingerprint density at radius 3 is 2.46 bits per heavy atom. The van der Waals surface area contributed by atoms with Crippen LogP contribution in [0.1, 0.15) is 38.7 Å². The number of ether oxygens (including phenoxy) is 2. The van der Waals surface area contributed by atoms with Gasteiger partial charge in [-0.15, -0.1) is 0 Å². The number of allylic oxidation sites excluding steroid dienone is 1. The third kappa shape index (κ3) is 3.39. The number of ketones is 1. The molecule has 1 aromatic rings. The number of esters is 2. The lowest BCUT2D eigenvalue weighted by Crippen LogP contribution is -2.48. The average molecular weight is 383 g/mol. The van der Waals surface area contributed by atoms with Crippen LogP contribution < -0.4 is 0 Å². The molecule has 0 aromatic heterocycles. The maximum Gasteiger partial charge on any atom is 0.336 e. The predicted molar refractivity (Wildman–Crippen MR) is 104 cm³/mol. The number of nitrogens with zero attached hydrogens (tertiary/aromatic N) is 1. The van der Waals surface area contributed by atoms with Gasteiger partial charge in [-0.2, -0.15) is 0 Å². The van der Waals surface area contributed by atoms with Crippen LogP contribution in [0, 0.1) is 17.8 Å². The molecule has 0 unspecified atom stereocenters. The summed E-state index contributed by atoms with van der Waals surface area (Å²) in [5, 5.41) is 0. The van der Waals surface area contributed by atoms with Gasteiger partial charge in [0.15, 0.2) is 5.78 Å². The minimum atomic E-state index is -0.859. The molecule has 0 radical (unpaired) electrons. The highest BCUT2D eigenvalue weighted by Gasteiger charge is 2.51. The fourth-order valence-corrected chi connectivity index (χ4v) is 4.33. The van der Waals surface area contributed by atoms with Crippen molar-refractivity contribution < 1.29 is 23.9 Å². The quantitative estimate of drug-likeness (QED) is 0.589. The number of carbonyl (C=O) groups excluding carboxylic acids is 3. The summed E-state index contributed by atoms with van der Waals surface area (Å²) in [6, 6.07) is 9.39. The first-order chi connectivity index (χ1) is 13.4. The van der Waals surface area contributed by atoms with Gasteiger partial charge in [0.05, 0.1) is 25.2 Å². The third-order valence-corrected chi connectivity index (χ3v) is 5.53. The van der Waals surface area contributed by atoms with Crippen molar-refractivity contribution in [1.82, 2.24) is 0 Å². The molecule has 0 spiro atoms. The van der Waals surface area contributed by atoms with Crippen molar-refractivity contribution in [3.8, 4) is 0 Å². The molecular weight excluding hydrogens is 358 g/mol. The standard InChI is InChI=1S/C22H25NO5/c1-5-28-22(26)17-13(3)23-15-11-12(2)16(21(25)27-4)20(24)19(15)18(17)14-9-7-6-8-10-14/h6-10,12,16,18-19H,5,11H2,1-4H3/t12-,16-,18+,19-/m1/s1. The first-order valence-electron chi connectivity index (χ1n) is 9.52. The molecule has 4 atom stereocenters. The van der Waals surface area contributed by atoms with E-state index in [1.54, 1.807) is 13.8 Å². The van der Waals surface area contributed by atoms with Crippen molar-refractivity contribution in [1.29, 1.82) is 0 Å². The Kier molecular flexibility index (Phi) is 5.77. The van der Waals surface area contributed by atoms with Crippen molar-refractivity contribution in [3.63, 3.8) is 0 Å². The van der Waals surface area contributed by atoms with Crippen LogP contribution in [-0.4, -0.2) is 37.2 Å². The zero-order valence-electron chi connectivity index (χ0n) is 16.6. The lowest BCUT2D eigenvalue weighted by atomic mass is 9.64. The topological polar surface area (TPSA) is 82.0 Å². The van der Waals surface area contributed by atoms with E-state index in [0.717, 1.165) is 11.3 Å². The van der Waals surface area contributed by atoms with Gasteiger partial charge in [0.1, 0.15) is 5.92 Å². The predicted octanol–water partition coefficient (Wildman–Crippen LogP) is 3.08. The summed E-state index contributed by atoms with van der Waals surface area (Å²) in [5.41, 5.74) is 2.49. The second-order valence-corrected chi connectivity index (χ2v) is 7.27. The Bertz CT molecular complexity index is 855. The highest BCUT2D eigenvalue weighted by molar-refractivity contribution is 6.17. The van der Waals surface area contributed by atoms with Gasteiger partial charge in [-0.1, -0.05) is 37.3 Å². The van der Waals surface area contributed by atoms with E-state index in [4.69, 9.17) is 9.47 Å². The summed E-state index contributed by atoms with van der Waals surface area (Å²) in [4.78, 5) is 43.1. The number of methoxy groups -OCH3 is 1. The van der Waals surface area contributed by atoms with E-state index in [0.29, 0.717) is 17.7 Å². The molecule has 0 amide bonds. The molecule has 28 heavy (non-hydrogen) atoms. The van der Waals surface area contributed by atoms with Crippen molar-refractivity contribution in [2.24, 2.45) is 22.7 Å². The maximum atomic E-state index is 13.4. The fourth-order valence-electron chi connectivity index (χ4n) is 4.33. The van der Waals surface area contributed by atoms with Gasteiger partial charge in [0.25, 0.3) is 0 Å². The number of benzene rings is 1.